The zero-order valence-electron chi connectivity index (χ0n) is 14.0. The van der Waals surface area contributed by atoms with Crippen molar-refractivity contribution >= 4 is 21.7 Å². The van der Waals surface area contributed by atoms with Gasteiger partial charge in [0, 0.05) is 19.6 Å². The zero-order chi connectivity index (χ0) is 18.4. The van der Waals surface area contributed by atoms with Gasteiger partial charge in [-0.15, -0.1) is 0 Å². The number of aryl methyl sites for hydroxylation is 1. The molecule has 25 heavy (non-hydrogen) atoms. The van der Waals surface area contributed by atoms with Crippen molar-refractivity contribution in [2.75, 3.05) is 37.7 Å². The van der Waals surface area contributed by atoms with Gasteiger partial charge in [-0.2, -0.15) is 0 Å². The highest BCUT2D eigenvalue weighted by Crippen LogP contribution is 2.08. The minimum atomic E-state index is -3.00. The van der Waals surface area contributed by atoms with Crippen LogP contribution in [-0.2, 0) is 30.7 Å². The molecule has 1 aliphatic rings. The van der Waals surface area contributed by atoms with Crippen LogP contribution in [0.3, 0.4) is 0 Å². The van der Waals surface area contributed by atoms with Crippen molar-refractivity contribution in [1.82, 2.24) is 10.2 Å². The average Bonchev–Trinajstić information content (AvgIpc) is 2.56. The maximum Gasteiger partial charge on any atom is 0.320 e. The van der Waals surface area contributed by atoms with Gasteiger partial charge < -0.3 is 10.1 Å². The van der Waals surface area contributed by atoms with Crippen molar-refractivity contribution in [1.29, 1.82) is 0 Å². The standard InChI is InChI=1S/C16H21FN2O5S/c1-12-2-3-13(8-14(12)17)9-18-15(20)11-24-16(21)10-19-4-6-25(22,23)7-5-19/h2-3,8H,4-7,9-11H2,1H3,(H,18,20). The molecule has 1 saturated heterocycles. The predicted octanol–water partition coefficient (Wildman–Crippen LogP) is 0.0239. The molecule has 138 valence electrons. The second kappa shape index (κ2) is 8.39. The number of ether oxygens (including phenoxy) is 1. The molecule has 0 radical (unpaired) electrons. The first-order valence-corrected chi connectivity index (χ1v) is 9.67. The Bertz CT molecular complexity index is 737. The molecule has 0 unspecified atom stereocenters. The SMILES string of the molecule is Cc1ccc(CNC(=O)COC(=O)CN2CCS(=O)(=O)CC2)cc1F. The van der Waals surface area contributed by atoms with Gasteiger partial charge in [0.15, 0.2) is 16.4 Å². The Morgan fingerprint density at radius 1 is 1.28 bits per heavy atom. The highest BCUT2D eigenvalue weighted by Gasteiger charge is 2.23. The van der Waals surface area contributed by atoms with Gasteiger partial charge in [0.05, 0.1) is 18.1 Å². The molecule has 1 N–H and O–H groups in total. The molecule has 1 aliphatic heterocycles. The van der Waals surface area contributed by atoms with E-state index in [9.17, 15) is 22.4 Å². The highest BCUT2D eigenvalue weighted by atomic mass is 32.2. The number of rotatable bonds is 6. The topological polar surface area (TPSA) is 92.8 Å². The molecule has 9 heteroatoms. The van der Waals surface area contributed by atoms with Crippen LogP contribution in [0.25, 0.3) is 0 Å². The Hall–Kier alpha value is -2.00. The molecule has 0 bridgehead atoms. The molecule has 1 fully saturated rings. The van der Waals surface area contributed by atoms with E-state index in [-0.39, 0.29) is 43.5 Å². The number of hydrogen-bond acceptors (Lipinski definition) is 6. The molecule has 1 aromatic carbocycles. The number of benzene rings is 1. The van der Waals surface area contributed by atoms with E-state index in [1.165, 1.54) is 6.07 Å². The first-order valence-electron chi connectivity index (χ1n) is 7.85. The van der Waals surface area contributed by atoms with Gasteiger partial charge in [-0.05, 0) is 24.1 Å². The summed E-state index contributed by atoms with van der Waals surface area (Å²) < 4.78 is 40.9. The van der Waals surface area contributed by atoms with E-state index in [0.29, 0.717) is 11.1 Å². The molecule has 0 aromatic heterocycles. The Kier molecular flexibility index (Phi) is 6.49. The second-order valence-corrected chi connectivity index (χ2v) is 8.25. The van der Waals surface area contributed by atoms with Crippen molar-refractivity contribution in [3.63, 3.8) is 0 Å². The fourth-order valence-corrected chi connectivity index (χ4v) is 3.56. The third-order valence-corrected chi connectivity index (χ3v) is 5.49. The van der Waals surface area contributed by atoms with Crippen LogP contribution in [0.2, 0.25) is 0 Å². The van der Waals surface area contributed by atoms with Gasteiger partial charge in [-0.3, -0.25) is 14.5 Å². The van der Waals surface area contributed by atoms with Crippen LogP contribution in [0.15, 0.2) is 18.2 Å². The molecule has 1 aromatic rings. The average molecular weight is 372 g/mol. The number of halogens is 1. The van der Waals surface area contributed by atoms with E-state index < -0.39 is 28.3 Å². The van der Waals surface area contributed by atoms with Gasteiger partial charge in [0.2, 0.25) is 0 Å². The Balaban J connectivity index is 1.67. The van der Waals surface area contributed by atoms with Gasteiger partial charge in [0.25, 0.3) is 5.91 Å². The summed E-state index contributed by atoms with van der Waals surface area (Å²) in [5, 5.41) is 2.54. The lowest BCUT2D eigenvalue weighted by atomic mass is 10.1. The lowest BCUT2D eigenvalue weighted by Crippen LogP contribution is -2.43. The Labute approximate surface area is 146 Å². The number of nitrogens with one attached hydrogen (secondary N) is 1. The first kappa shape index (κ1) is 19.3. The van der Waals surface area contributed by atoms with Gasteiger partial charge in [0.1, 0.15) is 5.82 Å². The summed E-state index contributed by atoms with van der Waals surface area (Å²) in [6.07, 6.45) is 0. The number of carbonyl (C=O) groups is 2. The normalized spacial score (nSPS) is 17.0. The predicted molar refractivity (Wildman–Crippen MR) is 89.0 cm³/mol. The highest BCUT2D eigenvalue weighted by molar-refractivity contribution is 7.91. The van der Waals surface area contributed by atoms with Crippen molar-refractivity contribution < 1.29 is 27.1 Å². The molecule has 0 saturated carbocycles. The molecular weight excluding hydrogens is 351 g/mol. The summed E-state index contributed by atoms with van der Waals surface area (Å²) in [6, 6.07) is 4.66. The van der Waals surface area contributed by atoms with Crippen LogP contribution >= 0.6 is 0 Å². The first-order chi connectivity index (χ1) is 11.7. The minimum Gasteiger partial charge on any atom is -0.455 e. The lowest BCUT2D eigenvalue weighted by Gasteiger charge is -2.25. The smallest absolute Gasteiger partial charge is 0.320 e. The van der Waals surface area contributed by atoms with Crippen LogP contribution in [0.5, 0.6) is 0 Å². The number of sulfone groups is 1. The number of esters is 1. The number of nitrogens with zero attached hydrogens (tertiary/aromatic N) is 1. The van der Waals surface area contributed by atoms with Crippen LogP contribution < -0.4 is 5.32 Å². The fraction of sp³-hybridized carbons (Fsp3) is 0.500. The maximum absolute atomic E-state index is 13.4. The summed E-state index contributed by atoms with van der Waals surface area (Å²) in [6.45, 7) is 1.86. The van der Waals surface area contributed by atoms with Crippen LogP contribution in [0.4, 0.5) is 4.39 Å². The molecule has 1 amide bonds. The largest absolute Gasteiger partial charge is 0.455 e. The van der Waals surface area contributed by atoms with E-state index in [4.69, 9.17) is 4.74 Å². The Morgan fingerprint density at radius 3 is 2.60 bits per heavy atom. The number of amides is 1. The molecule has 2 rings (SSSR count). The van der Waals surface area contributed by atoms with Crippen molar-refractivity contribution in [3.05, 3.63) is 35.1 Å². The molecule has 0 aliphatic carbocycles. The summed E-state index contributed by atoms with van der Waals surface area (Å²) in [5.74, 6) is -1.38. The third kappa shape index (κ3) is 6.43. The van der Waals surface area contributed by atoms with Gasteiger partial charge >= 0.3 is 5.97 Å². The summed E-state index contributed by atoms with van der Waals surface area (Å²) in [4.78, 5) is 25.0. The molecule has 1 heterocycles. The summed E-state index contributed by atoms with van der Waals surface area (Å²) in [5.41, 5.74) is 1.13. The maximum atomic E-state index is 13.4. The van der Waals surface area contributed by atoms with E-state index in [0.717, 1.165) is 0 Å². The van der Waals surface area contributed by atoms with Crippen LogP contribution in [0.1, 0.15) is 11.1 Å². The molecular formula is C16H21FN2O5S. The summed E-state index contributed by atoms with van der Waals surface area (Å²) in [7, 11) is -3.00. The van der Waals surface area contributed by atoms with Crippen molar-refractivity contribution in [3.8, 4) is 0 Å². The minimum absolute atomic E-state index is 0.0217. The van der Waals surface area contributed by atoms with E-state index in [2.05, 4.69) is 5.32 Å². The Morgan fingerprint density at radius 2 is 1.96 bits per heavy atom. The number of carbonyl (C=O) groups excluding carboxylic acids is 2. The van der Waals surface area contributed by atoms with Gasteiger partial charge in [-0.25, -0.2) is 12.8 Å². The van der Waals surface area contributed by atoms with Crippen molar-refractivity contribution in [2.45, 2.75) is 13.5 Å². The van der Waals surface area contributed by atoms with Crippen LogP contribution in [-0.4, -0.2) is 62.9 Å². The molecule has 0 atom stereocenters. The lowest BCUT2D eigenvalue weighted by molar-refractivity contribution is -0.149. The van der Waals surface area contributed by atoms with Crippen LogP contribution in [0, 0.1) is 12.7 Å². The third-order valence-electron chi connectivity index (χ3n) is 3.88. The van der Waals surface area contributed by atoms with E-state index in [1.54, 1.807) is 24.0 Å². The summed E-state index contributed by atoms with van der Waals surface area (Å²) >= 11 is 0. The van der Waals surface area contributed by atoms with E-state index >= 15 is 0 Å². The molecule has 0 spiro atoms. The fourth-order valence-electron chi connectivity index (χ4n) is 2.28. The number of hydrogen-bond donors (Lipinski definition) is 1. The quantitative estimate of drug-likeness (QED) is 0.708. The zero-order valence-corrected chi connectivity index (χ0v) is 14.8. The van der Waals surface area contributed by atoms with Gasteiger partial charge in [-0.1, -0.05) is 12.1 Å². The van der Waals surface area contributed by atoms with E-state index in [1.807, 2.05) is 0 Å². The van der Waals surface area contributed by atoms with Crippen molar-refractivity contribution in [2.24, 2.45) is 0 Å². The monoisotopic (exact) mass is 372 g/mol. The second-order valence-electron chi connectivity index (χ2n) is 5.95. The molecule has 7 nitrogen and oxygen atoms in total.